The second-order valence-corrected chi connectivity index (χ2v) is 5.68. The number of carbonyl (C=O) groups excluding carboxylic acids is 1. The first kappa shape index (κ1) is 14.4. The molecule has 1 amide bonds. The molecule has 0 saturated carbocycles. The van der Waals surface area contributed by atoms with Gasteiger partial charge in [-0.1, -0.05) is 27.7 Å². The zero-order valence-corrected chi connectivity index (χ0v) is 10.8. The number of carbonyl (C=O) groups is 1. The molecule has 0 saturated heterocycles. The largest absolute Gasteiger partial charge is 0.356 e. The molecule has 0 bridgehead atoms. The first-order valence-corrected chi connectivity index (χ1v) is 5.73. The lowest BCUT2D eigenvalue weighted by atomic mass is 9.86. The molecule has 0 spiro atoms. The van der Waals surface area contributed by atoms with Gasteiger partial charge in [-0.25, -0.2) is 0 Å². The van der Waals surface area contributed by atoms with Gasteiger partial charge < -0.3 is 11.1 Å². The van der Waals surface area contributed by atoms with E-state index in [0.717, 1.165) is 19.4 Å². The van der Waals surface area contributed by atoms with Crippen molar-refractivity contribution in [3.63, 3.8) is 0 Å². The van der Waals surface area contributed by atoms with Crippen molar-refractivity contribution in [1.82, 2.24) is 5.32 Å². The van der Waals surface area contributed by atoms with Gasteiger partial charge in [-0.3, -0.25) is 4.79 Å². The van der Waals surface area contributed by atoms with Crippen molar-refractivity contribution in [1.29, 1.82) is 0 Å². The fraction of sp³-hybridized carbons (Fsp3) is 0.917. The van der Waals surface area contributed by atoms with Crippen LogP contribution < -0.4 is 11.1 Å². The van der Waals surface area contributed by atoms with Crippen LogP contribution in [-0.4, -0.2) is 19.0 Å². The van der Waals surface area contributed by atoms with E-state index in [1.54, 1.807) is 0 Å². The zero-order chi connectivity index (χ0) is 12.1. The molecule has 0 aromatic heterocycles. The molecule has 0 heterocycles. The van der Waals surface area contributed by atoms with E-state index in [2.05, 4.69) is 26.1 Å². The summed E-state index contributed by atoms with van der Waals surface area (Å²) in [6.45, 7) is 11.6. The summed E-state index contributed by atoms with van der Waals surface area (Å²) in [4.78, 5) is 11.8. The predicted molar refractivity (Wildman–Crippen MR) is 64.5 cm³/mol. The number of amides is 1. The fourth-order valence-electron chi connectivity index (χ4n) is 1.16. The molecule has 90 valence electrons. The van der Waals surface area contributed by atoms with E-state index < -0.39 is 5.41 Å². The Morgan fingerprint density at radius 2 is 1.80 bits per heavy atom. The van der Waals surface area contributed by atoms with Crippen LogP contribution in [-0.2, 0) is 4.79 Å². The molecular weight excluding hydrogens is 188 g/mol. The van der Waals surface area contributed by atoms with E-state index in [9.17, 15) is 4.79 Å². The van der Waals surface area contributed by atoms with Gasteiger partial charge in [0, 0.05) is 13.1 Å². The molecular formula is C12H26N2O. The van der Waals surface area contributed by atoms with Crippen LogP contribution in [0.5, 0.6) is 0 Å². The maximum Gasteiger partial charge on any atom is 0.227 e. The molecule has 3 N–H and O–H groups in total. The van der Waals surface area contributed by atoms with Crippen molar-refractivity contribution in [2.75, 3.05) is 13.1 Å². The SMILES string of the molecule is CCC(C)(CN)C(=O)NCCC(C)(C)C. The van der Waals surface area contributed by atoms with Gasteiger partial charge in [-0.15, -0.1) is 0 Å². The van der Waals surface area contributed by atoms with Crippen LogP contribution in [0.4, 0.5) is 0 Å². The molecule has 0 aliphatic rings. The molecule has 1 unspecified atom stereocenters. The average molecular weight is 214 g/mol. The first-order chi connectivity index (χ1) is 6.75. The first-order valence-electron chi connectivity index (χ1n) is 5.73. The monoisotopic (exact) mass is 214 g/mol. The quantitative estimate of drug-likeness (QED) is 0.734. The molecule has 0 fully saturated rings. The highest BCUT2D eigenvalue weighted by Crippen LogP contribution is 2.20. The maximum atomic E-state index is 11.8. The molecule has 15 heavy (non-hydrogen) atoms. The molecule has 0 aliphatic heterocycles. The second-order valence-electron chi connectivity index (χ2n) is 5.68. The van der Waals surface area contributed by atoms with Crippen molar-refractivity contribution < 1.29 is 4.79 Å². The minimum atomic E-state index is -0.405. The zero-order valence-electron chi connectivity index (χ0n) is 10.8. The van der Waals surface area contributed by atoms with E-state index in [4.69, 9.17) is 5.73 Å². The van der Waals surface area contributed by atoms with Crippen molar-refractivity contribution in [2.45, 2.75) is 47.5 Å². The Kier molecular flexibility index (Phi) is 5.29. The van der Waals surface area contributed by atoms with Crippen molar-refractivity contribution in [2.24, 2.45) is 16.6 Å². The Morgan fingerprint density at radius 1 is 1.27 bits per heavy atom. The molecule has 0 radical (unpaired) electrons. The van der Waals surface area contributed by atoms with Crippen LogP contribution in [0.1, 0.15) is 47.5 Å². The van der Waals surface area contributed by atoms with Crippen LogP contribution in [0.15, 0.2) is 0 Å². The molecule has 0 aromatic carbocycles. The third-order valence-corrected chi connectivity index (χ3v) is 2.94. The molecule has 0 rings (SSSR count). The predicted octanol–water partition coefficient (Wildman–Crippen LogP) is 1.91. The van der Waals surface area contributed by atoms with Gasteiger partial charge in [0.15, 0.2) is 0 Å². The summed E-state index contributed by atoms with van der Waals surface area (Å²) in [5, 5.41) is 2.96. The lowest BCUT2D eigenvalue weighted by Crippen LogP contribution is -2.44. The fourth-order valence-corrected chi connectivity index (χ4v) is 1.16. The van der Waals surface area contributed by atoms with Crippen LogP contribution in [0.25, 0.3) is 0 Å². The van der Waals surface area contributed by atoms with Crippen LogP contribution in [0.2, 0.25) is 0 Å². The summed E-state index contributed by atoms with van der Waals surface area (Å²) >= 11 is 0. The van der Waals surface area contributed by atoms with E-state index in [1.807, 2.05) is 13.8 Å². The third-order valence-electron chi connectivity index (χ3n) is 2.94. The summed E-state index contributed by atoms with van der Waals surface area (Å²) in [6.07, 6.45) is 1.77. The highest BCUT2D eigenvalue weighted by Gasteiger charge is 2.29. The smallest absolute Gasteiger partial charge is 0.227 e. The van der Waals surface area contributed by atoms with Gasteiger partial charge >= 0.3 is 0 Å². The van der Waals surface area contributed by atoms with Crippen LogP contribution in [0, 0.1) is 10.8 Å². The molecule has 3 nitrogen and oxygen atoms in total. The minimum absolute atomic E-state index is 0.0803. The summed E-state index contributed by atoms with van der Waals surface area (Å²) in [5.41, 5.74) is 5.47. The maximum absolute atomic E-state index is 11.8. The average Bonchev–Trinajstić information content (AvgIpc) is 2.14. The lowest BCUT2D eigenvalue weighted by Gasteiger charge is -2.26. The normalized spacial score (nSPS) is 15.9. The Bertz CT molecular complexity index is 202. The van der Waals surface area contributed by atoms with Crippen LogP contribution >= 0.6 is 0 Å². The van der Waals surface area contributed by atoms with E-state index in [-0.39, 0.29) is 11.3 Å². The van der Waals surface area contributed by atoms with E-state index in [0.29, 0.717) is 6.54 Å². The van der Waals surface area contributed by atoms with Gasteiger partial charge in [0.2, 0.25) is 5.91 Å². The highest BCUT2D eigenvalue weighted by atomic mass is 16.2. The Morgan fingerprint density at radius 3 is 2.13 bits per heavy atom. The van der Waals surface area contributed by atoms with Gasteiger partial charge in [0.25, 0.3) is 0 Å². The molecule has 0 aliphatic carbocycles. The lowest BCUT2D eigenvalue weighted by molar-refractivity contribution is -0.129. The van der Waals surface area contributed by atoms with Crippen LogP contribution in [0.3, 0.4) is 0 Å². The molecule has 0 aromatic rings. The summed E-state index contributed by atoms with van der Waals surface area (Å²) in [6, 6.07) is 0. The summed E-state index contributed by atoms with van der Waals surface area (Å²) < 4.78 is 0. The highest BCUT2D eigenvalue weighted by molar-refractivity contribution is 5.82. The standard InChI is InChI=1S/C12H26N2O/c1-6-12(5,9-13)10(15)14-8-7-11(2,3)4/h6-9,13H2,1-5H3,(H,14,15). The number of rotatable bonds is 5. The number of nitrogens with one attached hydrogen (secondary N) is 1. The topological polar surface area (TPSA) is 55.1 Å². The van der Waals surface area contributed by atoms with Crippen molar-refractivity contribution in [3.05, 3.63) is 0 Å². The number of hydrogen-bond acceptors (Lipinski definition) is 2. The third kappa shape index (κ3) is 5.17. The Labute approximate surface area is 93.8 Å². The van der Waals surface area contributed by atoms with Crippen molar-refractivity contribution >= 4 is 5.91 Å². The Hall–Kier alpha value is -0.570. The molecule has 3 heteroatoms. The molecule has 1 atom stereocenters. The second kappa shape index (κ2) is 5.50. The van der Waals surface area contributed by atoms with E-state index in [1.165, 1.54) is 0 Å². The Balaban J connectivity index is 4.04. The summed E-state index contributed by atoms with van der Waals surface area (Å²) in [7, 11) is 0. The van der Waals surface area contributed by atoms with Gasteiger partial charge in [-0.05, 0) is 25.2 Å². The van der Waals surface area contributed by atoms with E-state index >= 15 is 0 Å². The van der Waals surface area contributed by atoms with Gasteiger partial charge in [0.05, 0.1) is 5.41 Å². The summed E-state index contributed by atoms with van der Waals surface area (Å²) in [5.74, 6) is 0.0803. The number of nitrogens with two attached hydrogens (primary N) is 1. The van der Waals surface area contributed by atoms with Crippen molar-refractivity contribution in [3.8, 4) is 0 Å². The van der Waals surface area contributed by atoms with Gasteiger partial charge in [0.1, 0.15) is 0 Å². The minimum Gasteiger partial charge on any atom is -0.356 e. The number of hydrogen-bond donors (Lipinski definition) is 2. The van der Waals surface area contributed by atoms with Gasteiger partial charge in [-0.2, -0.15) is 0 Å².